The molecule has 0 aliphatic rings. The maximum Gasteiger partial charge on any atom is 0.142 e. The van der Waals surface area contributed by atoms with Crippen molar-refractivity contribution in [3.63, 3.8) is 0 Å². The van der Waals surface area contributed by atoms with Gasteiger partial charge in [-0.2, -0.15) is 0 Å². The van der Waals surface area contributed by atoms with Crippen LogP contribution in [-0.4, -0.2) is 0 Å². The Hall–Kier alpha value is -2.58. The molecule has 0 saturated heterocycles. The summed E-state index contributed by atoms with van der Waals surface area (Å²) in [6.07, 6.45) is 1.75. The van der Waals surface area contributed by atoms with E-state index < -0.39 is 0 Å². The van der Waals surface area contributed by atoms with E-state index >= 15 is 0 Å². The lowest BCUT2D eigenvalue weighted by atomic mass is 10.0. The highest BCUT2D eigenvalue weighted by Gasteiger charge is 2.09. The van der Waals surface area contributed by atoms with Crippen LogP contribution in [-0.2, 0) is 18.0 Å². The predicted octanol–water partition coefficient (Wildman–Crippen LogP) is 5.30. The van der Waals surface area contributed by atoms with Gasteiger partial charge in [-0.3, -0.25) is 0 Å². The Kier molecular flexibility index (Phi) is 3.37. The third-order valence-corrected chi connectivity index (χ3v) is 3.92. The van der Waals surface area contributed by atoms with Crippen LogP contribution in [0.25, 0.3) is 21.7 Å². The van der Waals surface area contributed by atoms with E-state index in [2.05, 4.69) is 30.3 Å². The van der Waals surface area contributed by atoms with Crippen LogP contribution in [0, 0.1) is 0 Å². The Balaban J connectivity index is 1.64. The summed E-state index contributed by atoms with van der Waals surface area (Å²) in [5.74, 6) is 0. The summed E-state index contributed by atoms with van der Waals surface area (Å²) in [5, 5.41) is 3.46. The molecule has 0 bridgehead atoms. The van der Waals surface area contributed by atoms with Crippen molar-refractivity contribution in [2.45, 2.75) is 13.2 Å². The van der Waals surface area contributed by atoms with E-state index in [1.165, 1.54) is 16.5 Å². The SMILES string of the molecule is c1ccc(COCc2cc3ccccc3c3occc23)cc1. The summed E-state index contributed by atoms with van der Waals surface area (Å²) < 4.78 is 11.6. The van der Waals surface area contributed by atoms with Crippen molar-refractivity contribution in [1.82, 2.24) is 0 Å². The molecule has 0 spiro atoms. The van der Waals surface area contributed by atoms with Gasteiger partial charge in [0.15, 0.2) is 0 Å². The maximum atomic E-state index is 5.89. The van der Waals surface area contributed by atoms with Gasteiger partial charge >= 0.3 is 0 Å². The van der Waals surface area contributed by atoms with Gasteiger partial charge in [-0.1, -0.05) is 54.6 Å². The molecular formula is C20H16O2. The van der Waals surface area contributed by atoms with E-state index in [0.29, 0.717) is 13.2 Å². The molecule has 0 saturated carbocycles. The van der Waals surface area contributed by atoms with E-state index in [0.717, 1.165) is 16.4 Å². The van der Waals surface area contributed by atoms with Gasteiger partial charge in [-0.15, -0.1) is 0 Å². The summed E-state index contributed by atoms with van der Waals surface area (Å²) in [6.45, 7) is 1.20. The fourth-order valence-corrected chi connectivity index (χ4v) is 2.84. The van der Waals surface area contributed by atoms with E-state index in [4.69, 9.17) is 9.15 Å². The standard InChI is InChI=1S/C20H16O2/c1-2-6-15(7-3-1)13-21-14-17-12-16-8-4-5-9-18(16)20-19(17)10-11-22-20/h1-12H,13-14H2. The Labute approximate surface area is 128 Å². The highest BCUT2D eigenvalue weighted by atomic mass is 16.5. The smallest absolute Gasteiger partial charge is 0.142 e. The van der Waals surface area contributed by atoms with Crippen LogP contribution in [0.5, 0.6) is 0 Å². The number of hydrogen-bond donors (Lipinski definition) is 0. The van der Waals surface area contributed by atoms with Crippen molar-refractivity contribution in [2.24, 2.45) is 0 Å². The van der Waals surface area contributed by atoms with Crippen molar-refractivity contribution in [1.29, 1.82) is 0 Å². The third kappa shape index (κ3) is 2.38. The molecule has 1 heterocycles. The van der Waals surface area contributed by atoms with Gasteiger partial charge in [0.05, 0.1) is 19.5 Å². The number of fused-ring (bicyclic) bond motifs is 3. The van der Waals surface area contributed by atoms with Gasteiger partial charge in [0.2, 0.25) is 0 Å². The van der Waals surface area contributed by atoms with Crippen LogP contribution in [0.15, 0.2) is 77.4 Å². The van der Waals surface area contributed by atoms with Crippen molar-refractivity contribution >= 4 is 21.7 Å². The quantitative estimate of drug-likeness (QED) is 0.508. The molecule has 0 aliphatic heterocycles. The minimum absolute atomic E-state index is 0.579. The zero-order valence-electron chi connectivity index (χ0n) is 12.2. The van der Waals surface area contributed by atoms with Crippen molar-refractivity contribution in [3.8, 4) is 0 Å². The Morgan fingerprint density at radius 1 is 0.773 bits per heavy atom. The van der Waals surface area contributed by atoms with Gasteiger partial charge in [0.25, 0.3) is 0 Å². The minimum Gasteiger partial charge on any atom is -0.464 e. The summed E-state index contributed by atoms with van der Waals surface area (Å²) in [6, 6.07) is 22.7. The van der Waals surface area contributed by atoms with Crippen LogP contribution in [0.3, 0.4) is 0 Å². The van der Waals surface area contributed by atoms with Gasteiger partial charge < -0.3 is 9.15 Å². The second kappa shape index (κ2) is 5.66. The molecule has 0 N–H and O–H groups in total. The first-order chi connectivity index (χ1) is 10.9. The first-order valence-corrected chi connectivity index (χ1v) is 7.41. The molecule has 0 fully saturated rings. The molecule has 3 aromatic carbocycles. The molecule has 22 heavy (non-hydrogen) atoms. The molecule has 4 rings (SSSR count). The lowest BCUT2D eigenvalue weighted by Gasteiger charge is -2.08. The second-order valence-corrected chi connectivity index (χ2v) is 5.40. The molecule has 0 radical (unpaired) electrons. The van der Waals surface area contributed by atoms with Crippen LogP contribution in [0.1, 0.15) is 11.1 Å². The van der Waals surface area contributed by atoms with Crippen molar-refractivity contribution in [3.05, 3.63) is 84.1 Å². The average Bonchev–Trinajstić information content (AvgIpc) is 3.06. The maximum absolute atomic E-state index is 5.89. The summed E-state index contributed by atoms with van der Waals surface area (Å²) in [5.41, 5.74) is 3.29. The fourth-order valence-electron chi connectivity index (χ4n) is 2.84. The van der Waals surface area contributed by atoms with E-state index in [1.54, 1.807) is 6.26 Å². The molecule has 0 amide bonds. The average molecular weight is 288 g/mol. The Morgan fingerprint density at radius 2 is 1.59 bits per heavy atom. The number of furan rings is 1. The van der Waals surface area contributed by atoms with E-state index in [-0.39, 0.29) is 0 Å². The molecule has 0 aliphatic carbocycles. The monoisotopic (exact) mass is 288 g/mol. The lowest BCUT2D eigenvalue weighted by Crippen LogP contribution is -1.95. The van der Waals surface area contributed by atoms with Gasteiger partial charge in [-0.25, -0.2) is 0 Å². The third-order valence-electron chi connectivity index (χ3n) is 3.92. The van der Waals surface area contributed by atoms with Crippen LogP contribution in [0.2, 0.25) is 0 Å². The molecule has 1 aromatic heterocycles. The van der Waals surface area contributed by atoms with Crippen LogP contribution in [0.4, 0.5) is 0 Å². The number of rotatable bonds is 4. The summed E-state index contributed by atoms with van der Waals surface area (Å²) in [7, 11) is 0. The lowest BCUT2D eigenvalue weighted by molar-refractivity contribution is 0.108. The Bertz CT molecular complexity index is 907. The van der Waals surface area contributed by atoms with Gasteiger partial charge in [-0.05, 0) is 28.6 Å². The molecular weight excluding hydrogens is 272 g/mol. The van der Waals surface area contributed by atoms with Gasteiger partial charge in [0, 0.05) is 10.8 Å². The molecule has 4 aromatic rings. The topological polar surface area (TPSA) is 22.4 Å². The molecule has 108 valence electrons. The highest BCUT2D eigenvalue weighted by molar-refractivity contribution is 6.05. The zero-order valence-corrected chi connectivity index (χ0v) is 12.2. The van der Waals surface area contributed by atoms with Gasteiger partial charge in [0.1, 0.15) is 5.58 Å². The van der Waals surface area contributed by atoms with Crippen LogP contribution >= 0.6 is 0 Å². The first kappa shape index (κ1) is 13.1. The summed E-state index contributed by atoms with van der Waals surface area (Å²) in [4.78, 5) is 0. The van der Waals surface area contributed by atoms with Crippen molar-refractivity contribution in [2.75, 3.05) is 0 Å². The summed E-state index contributed by atoms with van der Waals surface area (Å²) >= 11 is 0. The van der Waals surface area contributed by atoms with Crippen LogP contribution < -0.4 is 0 Å². The largest absolute Gasteiger partial charge is 0.464 e. The zero-order chi connectivity index (χ0) is 14.8. The second-order valence-electron chi connectivity index (χ2n) is 5.40. The number of hydrogen-bond acceptors (Lipinski definition) is 2. The number of benzene rings is 3. The van der Waals surface area contributed by atoms with E-state index in [9.17, 15) is 0 Å². The minimum atomic E-state index is 0.579. The Morgan fingerprint density at radius 3 is 2.50 bits per heavy atom. The van der Waals surface area contributed by atoms with E-state index in [1.807, 2.05) is 36.4 Å². The number of ether oxygens (including phenoxy) is 1. The highest BCUT2D eigenvalue weighted by Crippen LogP contribution is 2.30. The predicted molar refractivity (Wildman–Crippen MR) is 88.7 cm³/mol. The van der Waals surface area contributed by atoms with Crippen molar-refractivity contribution < 1.29 is 9.15 Å². The first-order valence-electron chi connectivity index (χ1n) is 7.41. The molecule has 0 atom stereocenters. The fraction of sp³-hybridized carbons (Fsp3) is 0.100. The normalized spacial score (nSPS) is 11.3. The molecule has 2 heteroatoms. The molecule has 2 nitrogen and oxygen atoms in total. The molecule has 0 unspecified atom stereocenters.